The molecule has 0 aromatic heterocycles. The molecule has 0 aliphatic rings. The van der Waals surface area contributed by atoms with Crippen LogP contribution < -0.4 is 11.1 Å². The minimum Gasteiger partial charge on any atom is -0.398 e. The summed E-state index contributed by atoms with van der Waals surface area (Å²) in [6.45, 7) is 1.79. The zero-order valence-corrected chi connectivity index (χ0v) is 11.0. The van der Waals surface area contributed by atoms with Gasteiger partial charge in [0.25, 0.3) is 5.91 Å². The van der Waals surface area contributed by atoms with Crippen molar-refractivity contribution in [3.8, 4) is 0 Å². The quantitative estimate of drug-likeness (QED) is 0.824. The molecule has 0 saturated heterocycles. The lowest BCUT2D eigenvalue weighted by Crippen LogP contribution is -2.15. The highest BCUT2D eigenvalue weighted by molar-refractivity contribution is 6.30. The molecule has 2 rings (SSSR count). The Bertz CT molecular complexity index is 623. The van der Waals surface area contributed by atoms with Crippen molar-refractivity contribution >= 4 is 28.9 Å². The van der Waals surface area contributed by atoms with Gasteiger partial charge in [-0.05, 0) is 36.8 Å². The monoisotopic (exact) mass is 278 g/mol. The predicted molar refractivity (Wildman–Crippen MR) is 75.0 cm³/mol. The molecule has 0 aliphatic carbocycles. The second-order valence-corrected chi connectivity index (χ2v) is 4.53. The third-order valence-electron chi connectivity index (χ3n) is 2.71. The molecule has 5 heteroatoms. The van der Waals surface area contributed by atoms with E-state index < -0.39 is 5.82 Å². The van der Waals surface area contributed by atoms with Gasteiger partial charge in [0.15, 0.2) is 0 Å². The number of nitrogen functional groups attached to an aromatic ring is 1. The molecular formula is C14H12ClFN2O. The van der Waals surface area contributed by atoms with E-state index in [0.717, 1.165) is 11.6 Å². The largest absolute Gasteiger partial charge is 0.398 e. The van der Waals surface area contributed by atoms with Gasteiger partial charge >= 0.3 is 0 Å². The molecule has 3 nitrogen and oxygen atoms in total. The maximum atomic E-state index is 13.3. The van der Waals surface area contributed by atoms with Gasteiger partial charge in [-0.15, -0.1) is 0 Å². The zero-order chi connectivity index (χ0) is 14.0. The van der Waals surface area contributed by atoms with Crippen LogP contribution in [0.1, 0.15) is 15.9 Å². The van der Waals surface area contributed by atoms with Gasteiger partial charge in [-0.1, -0.05) is 23.7 Å². The summed E-state index contributed by atoms with van der Waals surface area (Å²) in [7, 11) is 0. The average Bonchev–Trinajstić information content (AvgIpc) is 2.33. The normalized spacial score (nSPS) is 10.3. The minimum atomic E-state index is -0.586. The molecule has 19 heavy (non-hydrogen) atoms. The average molecular weight is 279 g/mol. The lowest BCUT2D eigenvalue weighted by atomic mass is 10.1. The molecule has 98 valence electrons. The summed E-state index contributed by atoms with van der Waals surface area (Å²) in [5.41, 5.74) is 7.63. The van der Waals surface area contributed by atoms with Crippen LogP contribution in [0.25, 0.3) is 0 Å². The second-order valence-electron chi connectivity index (χ2n) is 4.12. The summed E-state index contributed by atoms with van der Waals surface area (Å²) >= 11 is 5.58. The number of hydrogen-bond donors (Lipinski definition) is 2. The van der Waals surface area contributed by atoms with Crippen molar-refractivity contribution in [2.24, 2.45) is 0 Å². The minimum absolute atomic E-state index is 0.00778. The van der Waals surface area contributed by atoms with Gasteiger partial charge in [0.05, 0.1) is 10.6 Å². The van der Waals surface area contributed by atoms with E-state index >= 15 is 0 Å². The maximum Gasteiger partial charge on any atom is 0.258 e. The van der Waals surface area contributed by atoms with Gasteiger partial charge in [-0.25, -0.2) is 4.39 Å². The third kappa shape index (κ3) is 2.85. The number of nitrogens with two attached hydrogens (primary N) is 1. The van der Waals surface area contributed by atoms with Crippen molar-refractivity contribution in [2.45, 2.75) is 6.92 Å². The number of halogens is 2. The Kier molecular flexibility index (Phi) is 3.71. The first-order valence-electron chi connectivity index (χ1n) is 5.60. The van der Waals surface area contributed by atoms with Gasteiger partial charge in [0, 0.05) is 11.4 Å². The van der Waals surface area contributed by atoms with Gasteiger partial charge in [0.2, 0.25) is 0 Å². The Morgan fingerprint density at radius 1 is 1.32 bits per heavy atom. The molecule has 0 heterocycles. The Hall–Kier alpha value is -2.07. The van der Waals surface area contributed by atoms with Crippen LogP contribution in [0.4, 0.5) is 15.8 Å². The standard InChI is InChI=1S/C14H12ClFN2O/c1-8-3-2-4-12(17)13(8)14(19)18-9-5-6-10(15)11(16)7-9/h2-7H,17H2,1H3,(H,18,19). The number of benzene rings is 2. The number of hydrogen-bond acceptors (Lipinski definition) is 2. The molecule has 2 aromatic rings. The van der Waals surface area contributed by atoms with Crippen LogP contribution in [0.2, 0.25) is 5.02 Å². The summed E-state index contributed by atoms with van der Waals surface area (Å²) in [6.07, 6.45) is 0. The molecule has 1 amide bonds. The van der Waals surface area contributed by atoms with Crippen LogP contribution >= 0.6 is 11.6 Å². The number of aryl methyl sites for hydroxylation is 1. The van der Waals surface area contributed by atoms with Gasteiger partial charge in [0.1, 0.15) is 5.82 Å². The molecule has 0 spiro atoms. The van der Waals surface area contributed by atoms with Crippen molar-refractivity contribution in [1.82, 2.24) is 0 Å². The first-order chi connectivity index (χ1) is 8.99. The molecule has 2 aromatic carbocycles. The van der Waals surface area contributed by atoms with Crippen molar-refractivity contribution in [1.29, 1.82) is 0 Å². The van der Waals surface area contributed by atoms with E-state index in [-0.39, 0.29) is 10.9 Å². The van der Waals surface area contributed by atoms with Gasteiger partial charge in [-0.3, -0.25) is 4.79 Å². The molecule has 0 saturated carbocycles. The van der Waals surface area contributed by atoms with Crippen molar-refractivity contribution in [3.05, 3.63) is 58.4 Å². The molecule has 0 aliphatic heterocycles. The highest BCUT2D eigenvalue weighted by Crippen LogP contribution is 2.21. The van der Waals surface area contributed by atoms with Crippen LogP contribution in [0.15, 0.2) is 36.4 Å². The van der Waals surface area contributed by atoms with Crippen molar-refractivity contribution in [3.63, 3.8) is 0 Å². The topological polar surface area (TPSA) is 55.1 Å². The second kappa shape index (κ2) is 5.28. The van der Waals surface area contributed by atoms with Crippen LogP contribution in [-0.2, 0) is 0 Å². The lowest BCUT2D eigenvalue weighted by Gasteiger charge is -2.10. The Balaban J connectivity index is 2.28. The highest BCUT2D eigenvalue weighted by Gasteiger charge is 2.13. The van der Waals surface area contributed by atoms with Crippen molar-refractivity contribution in [2.75, 3.05) is 11.1 Å². The Morgan fingerprint density at radius 2 is 2.05 bits per heavy atom. The number of anilines is 2. The summed E-state index contributed by atoms with van der Waals surface area (Å²) in [4.78, 5) is 12.1. The van der Waals surface area contributed by atoms with Crippen LogP contribution in [0, 0.1) is 12.7 Å². The molecule has 0 radical (unpaired) electrons. The van der Waals surface area contributed by atoms with Crippen LogP contribution in [0.3, 0.4) is 0 Å². The van der Waals surface area contributed by atoms with E-state index in [2.05, 4.69) is 5.32 Å². The highest BCUT2D eigenvalue weighted by atomic mass is 35.5. The van der Waals surface area contributed by atoms with E-state index in [1.54, 1.807) is 25.1 Å². The van der Waals surface area contributed by atoms with E-state index in [1.807, 2.05) is 0 Å². The molecule has 0 bridgehead atoms. The molecule has 0 atom stereocenters. The number of rotatable bonds is 2. The number of nitrogens with one attached hydrogen (secondary N) is 1. The molecule has 0 fully saturated rings. The molecular weight excluding hydrogens is 267 g/mol. The van der Waals surface area contributed by atoms with E-state index in [0.29, 0.717) is 16.9 Å². The van der Waals surface area contributed by atoms with E-state index in [1.165, 1.54) is 12.1 Å². The molecule has 0 unspecified atom stereocenters. The van der Waals surface area contributed by atoms with Gasteiger partial charge < -0.3 is 11.1 Å². The predicted octanol–water partition coefficient (Wildman–Crippen LogP) is 3.62. The fraction of sp³-hybridized carbons (Fsp3) is 0.0714. The SMILES string of the molecule is Cc1cccc(N)c1C(=O)Nc1ccc(Cl)c(F)c1. The van der Waals surface area contributed by atoms with E-state index in [4.69, 9.17) is 17.3 Å². The lowest BCUT2D eigenvalue weighted by molar-refractivity contribution is 0.102. The third-order valence-corrected chi connectivity index (χ3v) is 3.02. The van der Waals surface area contributed by atoms with E-state index in [9.17, 15) is 9.18 Å². The van der Waals surface area contributed by atoms with Gasteiger partial charge in [-0.2, -0.15) is 0 Å². The van der Waals surface area contributed by atoms with Crippen LogP contribution in [0.5, 0.6) is 0 Å². The van der Waals surface area contributed by atoms with Crippen molar-refractivity contribution < 1.29 is 9.18 Å². The fourth-order valence-electron chi connectivity index (χ4n) is 1.77. The Morgan fingerprint density at radius 3 is 2.68 bits per heavy atom. The summed E-state index contributed by atoms with van der Waals surface area (Å²) in [5, 5.41) is 2.60. The number of carbonyl (C=O) groups excluding carboxylic acids is 1. The fourth-order valence-corrected chi connectivity index (χ4v) is 1.89. The first-order valence-corrected chi connectivity index (χ1v) is 5.98. The summed E-state index contributed by atoms with van der Waals surface area (Å²) in [6, 6.07) is 9.27. The first kappa shape index (κ1) is 13.4. The number of carbonyl (C=O) groups is 1. The smallest absolute Gasteiger partial charge is 0.258 e. The van der Waals surface area contributed by atoms with Crippen LogP contribution in [-0.4, -0.2) is 5.91 Å². The molecule has 3 N–H and O–H groups in total. The maximum absolute atomic E-state index is 13.3. The number of amides is 1. The Labute approximate surface area is 115 Å². The summed E-state index contributed by atoms with van der Waals surface area (Å²) < 4.78 is 13.3. The zero-order valence-electron chi connectivity index (χ0n) is 10.2. The summed E-state index contributed by atoms with van der Waals surface area (Å²) in [5.74, 6) is -0.963.